The first-order chi connectivity index (χ1) is 10.4. The fraction of sp³-hybridized carbons (Fsp3) is 0.789. The summed E-state index contributed by atoms with van der Waals surface area (Å²) in [5.41, 5.74) is 0. The number of hydrogen-bond acceptors (Lipinski definition) is 2. The first kappa shape index (κ1) is 18.7. The average molecular weight is 309 g/mol. The van der Waals surface area contributed by atoms with E-state index in [1.165, 1.54) is 88.5 Å². The lowest BCUT2D eigenvalue weighted by molar-refractivity contribution is 0.541. The van der Waals surface area contributed by atoms with E-state index in [2.05, 4.69) is 23.7 Å². The van der Waals surface area contributed by atoms with E-state index in [1.807, 2.05) is 6.07 Å². The third-order valence-corrected chi connectivity index (χ3v) is 4.87. The molecule has 1 nitrogen and oxygen atoms in total. The lowest BCUT2D eigenvalue weighted by atomic mass is 10.1. The van der Waals surface area contributed by atoms with Crippen molar-refractivity contribution < 1.29 is 0 Å². The van der Waals surface area contributed by atoms with Crippen LogP contribution in [0.4, 0.5) is 0 Å². The molecular formula is C19H34NS. The molecule has 121 valence electrons. The van der Waals surface area contributed by atoms with Crippen molar-refractivity contribution in [3.63, 3.8) is 0 Å². The van der Waals surface area contributed by atoms with Crippen molar-refractivity contribution in [2.75, 3.05) is 13.1 Å². The molecule has 1 radical (unpaired) electrons. The van der Waals surface area contributed by atoms with Gasteiger partial charge in [0, 0.05) is 10.3 Å². The van der Waals surface area contributed by atoms with E-state index in [-0.39, 0.29) is 0 Å². The minimum atomic E-state index is 1.16. The molecule has 0 aliphatic heterocycles. The zero-order chi connectivity index (χ0) is 15.0. The Bertz CT molecular complexity index is 295. The lowest BCUT2D eigenvalue weighted by Crippen LogP contribution is -2.17. The second-order valence-corrected chi connectivity index (χ2v) is 7.02. The molecule has 1 heterocycles. The fourth-order valence-corrected chi connectivity index (χ4v) is 3.33. The molecule has 0 bridgehead atoms. The maximum atomic E-state index is 3.57. The van der Waals surface area contributed by atoms with Gasteiger partial charge in [-0.1, -0.05) is 64.7 Å². The van der Waals surface area contributed by atoms with Gasteiger partial charge in [0.05, 0.1) is 0 Å². The van der Waals surface area contributed by atoms with E-state index in [4.69, 9.17) is 0 Å². The number of aryl methyl sites for hydroxylation is 1. The number of hydrogen-bond donors (Lipinski definition) is 1. The average Bonchev–Trinajstić information content (AvgIpc) is 3.01. The molecule has 1 N–H and O–H groups in total. The van der Waals surface area contributed by atoms with Crippen molar-refractivity contribution in [2.24, 2.45) is 0 Å². The molecule has 1 aromatic heterocycles. The number of thiophene rings is 1. The zero-order valence-corrected chi connectivity index (χ0v) is 14.8. The Hall–Kier alpha value is -0.340. The summed E-state index contributed by atoms with van der Waals surface area (Å²) >= 11 is 1.76. The van der Waals surface area contributed by atoms with Gasteiger partial charge in [-0.25, -0.2) is 0 Å². The third-order valence-electron chi connectivity index (χ3n) is 4.01. The minimum Gasteiger partial charge on any atom is -0.317 e. The van der Waals surface area contributed by atoms with Crippen LogP contribution in [0, 0.1) is 5.38 Å². The van der Waals surface area contributed by atoms with Crippen molar-refractivity contribution in [3.05, 3.63) is 22.4 Å². The van der Waals surface area contributed by atoms with E-state index in [9.17, 15) is 0 Å². The minimum absolute atomic E-state index is 1.16. The van der Waals surface area contributed by atoms with Gasteiger partial charge in [0.25, 0.3) is 0 Å². The highest BCUT2D eigenvalue weighted by Gasteiger charge is 1.95. The van der Waals surface area contributed by atoms with Crippen molar-refractivity contribution in [2.45, 2.75) is 84.0 Å². The summed E-state index contributed by atoms with van der Waals surface area (Å²) in [7, 11) is 0. The van der Waals surface area contributed by atoms with Crippen LogP contribution >= 0.6 is 11.3 Å². The SMILES string of the molecule is CCCCCCCCCCCCNCCCc1cc[c]s1. The second-order valence-electron chi connectivity index (χ2n) is 6.06. The summed E-state index contributed by atoms with van der Waals surface area (Å²) in [6.07, 6.45) is 16.7. The van der Waals surface area contributed by atoms with Crippen molar-refractivity contribution in [1.29, 1.82) is 0 Å². The largest absolute Gasteiger partial charge is 0.317 e. The van der Waals surface area contributed by atoms with E-state index in [0.29, 0.717) is 0 Å². The molecule has 0 saturated carbocycles. The van der Waals surface area contributed by atoms with Crippen molar-refractivity contribution in [1.82, 2.24) is 5.32 Å². The lowest BCUT2D eigenvalue weighted by Gasteiger charge is -2.04. The predicted molar refractivity (Wildman–Crippen MR) is 96.2 cm³/mol. The Morgan fingerprint density at radius 2 is 1.48 bits per heavy atom. The monoisotopic (exact) mass is 308 g/mol. The quantitative estimate of drug-likeness (QED) is 0.392. The van der Waals surface area contributed by atoms with Crippen LogP contribution in [0.15, 0.2) is 12.1 Å². The van der Waals surface area contributed by atoms with Gasteiger partial charge in [0.2, 0.25) is 0 Å². The van der Waals surface area contributed by atoms with Crippen LogP contribution in [0.2, 0.25) is 0 Å². The van der Waals surface area contributed by atoms with E-state index in [1.54, 1.807) is 11.3 Å². The molecule has 0 aliphatic rings. The molecule has 1 aromatic rings. The Labute approximate surface area is 136 Å². The second kappa shape index (κ2) is 14.6. The molecule has 0 amide bonds. The molecule has 0 fully saturated rings. The highest BCUT2D eigenvalue weighted by atomic mass is 32.1. The highest BCUT2D eigenvalue weighted by Crippen LogP contribution is 2.11. The molecule has 0 saturated heterocycles. The summed E-state index contributed by atoms with van der Waals surface area (Å²) in [5, 5.41) is 6.72. The Morgan fingerprint density at radius 1 is 0.857 bits per heavy atom. The molecule has 21 heavy (non-hydrogen) atoms. The Balaban J connectivity index is 1.69. The van der Waals surface area contributed by atoms with Crippen LogP contribution in [-0.2, 0) is 6.42 Å². The van der Waals surface area contributed by atoms with Crippen LogP contribution in [0.25, 0.3) is 0 Å². The first-order valence-electron chi connectivity index (χ1n) is 9.09. The third kappa shape index (κ3) is 11.9. The van der Waals surface area contributed by atoms with Crippen LogP contribution in [0.3, 0.4) is 0 Å². The first-order valence-corrected chi connectivity index (χ1v) is 9.90. The topological polar surface area (TPSA) is 12.0 Å². The molecular weight excluding hydrogens is 274 g/mol. The summed E-state index contributed by atoms with van der Waals surface area (Å²) in [6, 6.07) is 4.21. The van der Waals surface area contributed by atoms with E-state index < -0.39 is 0 Å². The summed E-state index contributed by atoms with van der Waals surface area (Å²) in [6.45, 7) is 4.65. The summed E-state index contributed by atoms with van der Waals surface area (Å²) in [4.78, 5) is 1.47. The Kier molecular flexibility index (Phi) is 13.0. The molecule has 0 aromatic carbocycles. The summed E-state index contributed by atoms with van der Waals surface area (Å²) in [5.74, 6) is 0. The van der Waals surface area contributed by atoms with Gasteiger partial charge in [-0.05, 0) is 44.5 Å². The molecule has 0 aliphatic carbocycles. The molecule has 2 heteroatoms. The van der Waals surface area contributed by atoms with Crippen LogP contribution in [0.5, 0.6) is 0 Å². The van der Waals surface area contributed by atoms with Crippen molar-refractivity contribution >= 4 is 11.3 Å². The van der Waals surface area contributed by atoms with Gasteiger partial charge in [-0.15, -0.1) is 11.3 Å². The van der Waals surface area contributed by atoms with Gasteiger partial charge < -0.3 is 5.32 Å². The molecule has 0 unspecified atom stereocenters. The number of rotatable bonds is 15. The van der Waals surface area contributed by atoms with Gasteiger partial charge in [0.15, 0.2) is 0 Å². The standard InChI is InChI=1S/C19H34NS/c1-2-3-4-5-6-7-8-9-10-11-16-20-17-12-14-19-15-13-18-21-19/h13,15,20H,2-12,14,16-17H2,1H3. The zero-order valence-electron chi connectivity index (χ0n) is 14.0. The highest BCUT2D eigenvalue weighted by molar-refractivity contribution is 7.09. The van der Waals surface area contributed by atoms with E-state index >= 15 is 0 Å². The molecule has 1 rings (SSSR count). The van der Waals surface area contributed by atoms with Gasteiger partial charge in [-0.3, -0.25) is 0 Å². The van der Waals surface area contributed by atoms with Crippen LogP contribution < -0.4 is 5.32 Å². The molecule has 0 atom stereocenters. The summed E-state index contributed by atoms with van der Waals surface area (Å²) < 4.78 is 0. The van der Waals surface area contributed by atoms with Gasteiger partial charge >= 0.3 is 0 Å². The Morgan fingerprint density at radius 3 is 2.10 bits per heavy atom. The predicted octanol–water partition coefficient (Wildman–Crippen LogP) is 5.99. The number of nitrogens with one attached hydrogen (secondary N) is 1. The van der Waals surface area contributed by atoms with Crippen LogP contribution in [0.1, 0.15) is 82.4 Å². The maximum absolute atomic E-state index is 3.57. The fourth-order valence-electron chi connectivity index (χ4n) is 2.66. The smallest absolute Gasteiger partial charge is 0.0445 e. The van der Waals surface area contributed by atoms with E-state index in [0.717, 1.165) is 6.54 Å². The van der Waals surface area contributed by atoms with Crippen LogP contribution in [-0.4, -0.2) is 13.1 Å². The normalized spacial score (nSPS) is 11.1. The maximum Gasteiger partial charge on any atom is 0.0445 e. The molecule has 0 spiro atoms. The van der Waals surface area contributed by atoms with Crippen molar-refractivity contribution in [3.8, 4) is 0 Å². The van der Waals surface area contributed by atoms with Gasteiger partial charge in [-0.2, -0.15) is 0 Å². The number of unbranched alkanes of at least 4 members (excludes halogenated alkanes) is 9. The van der Waals surface area contributed by atoms with Gasteiger partial charge in [0.1, 0.15) is 0 Å².